The standard InChI is InChI=1S/C41H56ClNO4/c1-25(2)35-20-31-21-39(24-44)34-13-8-26(3)33(34)22-40(31,41(35,39)38(45)46)37-19-30(18-27-6-4-5-7-27)36(47-37)23-43-16-14-29(15-17-43)28-9-11-32(42)12-10-28/h9-12,20,24-27,29-31,33-34,36-37H,4-8,13-19,21-23H2,1-3H3,(H,45,46)/t26-,30?,31?,33-,34-,36?,37?,39?,40?,41+/m1/s1. The molecule has 5 nitrogen and oxygen atoms in total. The quantitative estimate of drug-likeness (QED) is 0.212. The SMILES string of the molecule is CC(C)C1=CC2CC3(C=O)[C@@H]4CC[C@@H](C)[C@H]4CC2(C2CC(CC4CCCC4)C(CN4CCC(c5ccc(Cl)cc5)CC4)O2)[C@]13C(=O)O. The van der Waals surface area contributed by atoms with E-state index >= 15 is 0 Å². The lowest BCUT2D eigenvalue weighted by Gasteiger charge is -2.60. The van der Waals surface area contributed by atoms with Gasteiger partial charge in [0.25, 0.3) is 0 Å². The molecule has 256 valence electrons. The first-order chi connectivity index (χ1) is 22.6. The Bertz CT molecular complexity index is 1390. The Morgan fingerprint density at radius 2 is 1.79 bits per heavy atom. The smallest absolute Gasteiger partial charge is 0.315 e. The molecule has 7 aliphatic rings. The van der Waals surface area contributed by atoms with E-state index in [1.165, 1.54) is 44.0 Å². The molecule has 0 radical (unpaired) electrons. The van der Waals surface area contributed by atoms with Crippen molar-refractivity contribution < 1.29 is 19.4 Å². The second kappa shape index (κ2) is 12.0. The molecule has 0 aromatic heterocycles. The van der Waals surface area contributed by atoms with Crippen LogP contribution in [0.3, 0.4) is 0 Å². The lowest BCUT2D eigenvalue weighted by atomic mass is 9.41. The molecule has 0 spiro atoms. The van der Waals surface area contributed by atoms with Crippen molar-refractivity contribution in [2.24, 2.45) is 57.7 Å². The van der Waals surface area contributed by atoms with Crippen molar-refractivity contribution in [2.45, 2.75) is 116 Å². The van der Waals surface area contributed by atoms with E-state index in [-0.39, 0.29) is 30.0 Å². The molecule has 4 saturated carbocycles. The van der Waals surface area contributed by atoms with E-state index in [0.717, 1.165) is 74.7 Å². The number of ether oxygens (including phenoxy) is 1. The average Bonchev–Trinajstić information content (AvgIpc) is 3.88. The maximum atomic E-state index is 14.2. The molecule has 2 aliphatic heterocycles. The minimum atomic E-state index is -1.15. The minimum Gasteiger partial charge on any atom is -0.481 e. The van der Waals surface area contributed by atoms with Crippen LogP contribution in [-0.2, 0) is 14.3 Å². The molecule has 8 rings (SSSR count). The number of fused-ring (bicyclic) bond motifs is 2. The number of carbonyl (C=O) groups is 2. The number of carboxylic acids is 1. The Kier molecular flexibility index (Phi) is 8.28. The van der Waals surface area contributed by atoms with E-state index in [4.69, 9.17) is 16.3 Å². The van der Waals surface area contributed by atoms with Gasteiger partial charge in [-0.2, -0.15) is 0 Å². The number of likely N-dealkylation sites (tertiary alicyclic amines) is 1. The van der Waals surface area contributed by atoms with E-state index in [1.807, 2.05) is 12.1 Å². The number of benzene rings is 1. The molecule has 5 aliphatic carbocycles. The highest BCUT2D eigenvalue weighted by Crippen LogP contribution is 2.84. The van der Waals surface area contributed by atoms with Crippen molar-refractivity contribution in [3.63, 3.8) is 0 Å². The third-order valence-corrected chi connectivity index (χ3v) is 15.7. The topological polar surface area (TPSA) is 66.8 Å². The predicted molar refractivity (Wildman–Crippen MR) is 185 cm³/mol. The number of rotatable bonds is 9. The number of hydrogen-bond acceptors (Lipinski definition) is 4. The summed E-state index contributed by atoms with van der Waals surface area (Å²) in [4.78, 5) is 30.4. The van der Waals surface area contributed by atoms with Crippen LogP contribution in [0.1, 0.15) is 109 Å². The predicted octanol–water partition coefficient (Wildman–Crippen LogP) is 8.80. The van der Waals surface area contributed by atoms with E-state index in [1.54, 1.807) is 0 Å². The fraction of sp³-hybridized carbons (Fsp3) is 0.756. The molecule has 1 aromatic carbocycles. The summed E-state index contributed by atoms with van der Waals surface area (Å²) in [5.41, 5.74) is -0.0832. The Morgan fingerprint density at radius 3 is 2.45 bits per heavy atom. The summed E-state index contributed by atoms with van der Waals surface area (Å²) in [5, 5.41) is 12.4. The Labute approximate surface area is 287 Å². The van der Waals surface area contributed by atoms with Gasteiger partial charge in [-0.3, -0.25) is 4.79 Å². The van der Waals surface area contributed by atoms with Crippen LogP contribution in [0, 0.1) is 57.7 Å². The zero-order valence-electron chi connectivity index (χ0n) is 28.8. The van der Waals surface area contributed by atoms with Gasteiger partial charge in [-0.05, 0) is 123 Å². The van der Waals surface area contributed by atoms with Crippen LogP contribution in [0.5, 0.6) is 0 Å². The third kappa shape index (κ3) is 4.60. The number of allylic oxidation sites excluding steroid dienone is 1. The largest absolute Gasteiger partial charge is 0.481 e. The summed E-state index contributed by atoms with van der Waals surface area (Å²) in [6, 6.07) is 8.41. The van der Waals surface area contributed by atoms with E-state index in [2.05, 4.69) is 43.9 Å². The van der Waals surface area contributed by atoms with Crippen molar-refractivity contribution in [1.29, 1.82) is 0 Å². The first kappa shape index (κ1) is 32.5. The van der Waals surface area contributed by atoms with Crippen LogP contribution in [0.2, 0.25) is 5.02 Å². The summed E-state index contributed by atoms with van der Waals surface area (Å²) >= 11 is 6.18. The number of carboxylic acid groups (broad SMARTS) is 1. The van der Waals surface area contributed by atoms with Crippen LogP contribution in [0.15, 0.2) is 35.9 Å². The first-order valence-electron chi connectivity index (χ1n) is 19.2. The number of piperidine rings is 1. The van der Waals surface area contributed by atoms with Crippen LogP contribution >= 0.6 is 11.6 Å². The normalized spacial score (nSPS) is 43.5. The fourth-order valence-electron chi connectivity index (χ4n) is 13.5. The number of aliphatic carboxylic acids is 1. The summed E-state index contributed by atoms with van der Waals surface area (Å²) < 4.78 is 7.46. The van der Waals surface area contributed by atoms with Gasteiger partial charge in [0.05, 0.1) is 17.6 Å². The van der Waals surface area contributed by atoms with Crippen molar-refractivity contribution in [2.75, 3.05) is 19.6 Å². The highest BCUT2D eigenvalue weighted by atomic mass is 35.5. The number of hydrogen-bond donors (Lipinski definition) is 1. The molecule has 2 saturated heterocycles. The summed E-state index contributed by atoms with van der Waals surface area (Å²) in [6.07, 6.45) is 17.0. The second-order valence-electron chi connectivity index (χ2n) is 17.5. The van der Waals surface area contributed by atoms with Crippen molar-refractivity contribution in [3.05, 3.63) is 46.5 Å². The molecule has 10 atom stereocenters. The Hall–Kier alpha value is -1.69. The molecule has 1 N–H and O–H groups in total. The van der Waals surface area contributed by atoms with Gasteiger partial charge in [0.2, 0.25) is 0 Å². The van der Waals surface area contributed by atoms with Crippen LogP contribution in [0.4, 0.5) is 0 Å². The lowest BCUT2D eigenvalue weighted by molar-refractivity contribution is -0.197. The number of aldehydes is 1. The zero-order valence-corrected chi connectivity index (χ0v) is 29.6. The van der Waals surface area contributed by atoms with Gasteiger partial charge in [0.1, 0.15) is 11.7 Å². The summed E-state index contributed by atoms with van der Waals surface area (Å²) in [5.74, 6) is 2.33. The second-order valence-corrected chi connectivity index (χ2v) is 18.0. The van der Waals surface area contributed by atoms with E-state index in [9.17, 15) is 14.7 Å². The molecule has 4 bridgehead atoms. The molecule has 6 fully saturated rings. The van der Waals surface area contributed by atoms with Crippen molar-refractivity contribution >= 4 is 23.9 Å². The molecule has 6 unspecified atom stereocenters. The highest BCUT2D eigenvalue weighted by molar-refractivity contribution is 6.30. The molecule has 2 heterocycles. The zero-order chi connectivity index (χ0) is 32.7. The van der Waals surface area contributed by atoms with E-state index in [0.29, 0.717) is 30.1 Å². The lowest BCUT2D eigenvalue weighted by Crippen LogP contribution is -2.65. The molecule has 1 aromatic rings. The molecule has 0 amide bonds. The number of nitrogens with zero attached hydrogens (tertiary/aromatic N) is 1. The molecular weight excluding hydrogens is 606 g/mol. The van der Waals surface area contributed by atoms with Gasteiger partial charge < -0.3 is 19.5 Å². The molecule has 47 heavy (non-hydrogen) atoms. The maximum Gasteiger partial charge on any atom is 0.315 e. The summed E-state index contributed by atoms with van der Waals surface area (Å²) in [6.45, 7) is 9.74. The van der Waals surface area contributed by atoms with Gasteiger partial charge in [-0.25, -0.2) is 0 Å². The summed E-state index contributed by atoms with van der Waals surface area (Å²) in [7, 11) is 0. The van der Waals surface area contributed by atoms with Crippen LogP contribution < -0.4 is 0 Å². The number of carbonyl (C=O) groups excluding carboxylic acids is 1. The first-order valence-corrected chi connectivity index (χ1v) is 19.6. The average molecular weight is 662 g/mol. The van der Waals surface area contributed by atoms with Crippen LogP contribution in [0.25, 0.3) is 0 Å². The molecule has 6 heteroatoms. The van der Waals surface area contributed by atoms with E-state index < -0.39 is 22.2 Å². The van der Waals surface area contributed by atoms with Crippen LogP contribution in [-0.4, -0.2) is 54.1 Å². The monoisotopic (exact) mass is 661 g/mol. The Balaban J connectivity index is 1.11. The van der Waals surface area contributed by atoms with Gasteiger partial charge >= 0.3 is 5.97 Å². The van der Waals surface area contributed by atoms with Gasteiger partial charge in [-0.15, -0.1) is 0 Å². The Morgan fingerprint density at radius 1 is 1.06 bits per heavy atom. The number of halogens is 1. The highest BCUT2D eigenvalue weighted by Gasteiger charge is 2.86. The van der Waals surface area contributed by atoms with Gasteiger partial charge in [0, 0.05) is 17.0 Å². The molecular formula is C41H56ClNO4. The third-order valence-electron chi connectivity index (χ3n) is 15.4. The minimum absolute atomic E-state index is 0.0962. The fourth-order valence-corrected chi connectivity index (χ4v) is 13.7. The van der Waals surface area contributed by atoms with Gasteiger partial charge in [-0.1, -0.05) is 88.3 Å². The van der Waals surface area contributed by atoms with Gasteiger partial charge in [0.15, 0.2) is 0 Å². The van der Waals surface area contributed by atoms with Crippen molar-refractivity contribution in [1.82, 2.24) is 4.90 Å². The maximum absolute atomic E-state index is 14.2. The van der Waals surface area contributed by atoms with Crippen molar-refractivity contribution in [3.8, 4) is 0 Å².